The van der Waals surface area contributed by atoms with Crippen molar-refractivity contribution in [3.63, 3.8) is 0 Å². The minimum Gasteiger partial charge on any atom is -0.339 e. The van der Waals surface area contributed by atoms with Gasteiger partial charge in [0.2, 0.25) is 11.8 Å². The van der Waals surface area contributed by atoms with E-state index in [0.29, 0.717) is 24.8 Å². The van der Waals surface area contributed by atoms with Crippen LogP contribution < -0.4 is 4.90 Å². The molecule has 24 heavy (non-hydrogen) atoms. The first kappa shape index (κ1) is 16.1. The van der Waals surface area contributed by atoms with E-state index < -0.39 is 0 Å². The number of carbonyl (C=O) groups is 2. The summed E-state index contributed by atoms with van der Waals surface area (Å²) in [6.45, 7) is 1.66. The molecule has 130 valence electrons. The van der Waals surface area contributed by atoms with Crippen LogP contribution in [0.5, 0.6) is 0 Å². The molecule has 3 fully saturated rings. The summed E-state index contributed by atoms with van der Waals surface area (Å²) in [5, 5.41) is 2.70. The van der Waals surface area contributed by atoms with Gasteiger partial charge in [0.1, 0.15) is 0 Å². The summed E-state index contributed by atoms with van der Waals surface area (Å²) in [4.78, 5) is 33.1. The highest BCUT2D eigenvalue weighted by molar-refractivity contribution is 7.14. The van der Waals surface area contributed by atoms with E-state index in [1.54, 1.807) is 4.90 Å². The summed E-state index contributed by atoms with van der Waals surface area (Å²) in [5.74, 6) is 1.09. The van der Waals surface area contributed by atoms with Gasteiger partial charge >= 0.3 is 0 Å². The van der Waals surface area contributed by atoms with Gasteiger partial charge in [0.25, 0.3) is 0 Å². The summed E-state index contributed by atoms with van der Waals surface area (Å²) >= 11 is 1.49. The summed E-state index contributed by atoms with van der Waals surface area (Å²) < 4.78 is 0. The number of piperidine rings is 1. The highest BCUT2D eigenvalue weighted by Crippen LogP contribution is 2.35. The largest absolute Gasteiger partial charge is 0.339 e. The van der Waals surface area contributed by atoms with Gasteiger partial charge in [-0.3, -0.25) is 14.5 Å². The van der Waals surface area contributed by atoms with E-state index in [9.17, 15) is 9.59 Å². The van der Waals surface area contributed by atoms with E-state index in [1.807, 2.05) is 5.38 Å². The molecule has 1 aliphatic carbocycles. The molecular weight excluding hydrogens is 322 g/mol. The van der Waals surface area contributed by atoms with Gasteiger partial charge in [-0.25, -0.2) is 4.98 Å². The second-order valence-electron chi connectivity index (χ2n) is 7.29. The third-order valence-corrected chi connectivity index (χ3v) is 6.65. The van der Waals surface area contributed by atoms with Crippen molar-refractivity contribution in [1.29, 1.82) is 0 Å². The molecule has 0 spiro atoms. The second kappa shape index (κ2) is 6.82. The van der Waals surface area contributed by atoms with Crippen molar-refractivity contribution in [3.8, 4) is 0 Å². The van der Waals surface area contributed by atoms with Gasteiger partial charge in [-0.1, -0.05) is 12.8 Å². The molecule has 0 aromatic carbocycles. The Balaban J connectivity index is 1.42. The molecule has 0 bridgehead atoms. The van der Waals surface area contributed by atoms with Gasteiger partial charge < -0.3 is 4.90 Å². The number of hydrogen-bond donors (Lipinski definition) is 0. The third-order valence-electron chi connectivity index (χ3n) is 5.74. The fourth-order valence-corrected chi connectivity index (χ4v) is 5.41. The lowest BCUT2D eigenvalue weighted by atomic mass is 9.78. The Bertz CT molecular complexity index is 628. The lowest BCUT2D eigenvalue weighted by Gasteiger charge is -2.44. The SMILES string of the molecule is O=C1CCCN1c1nc(CC(=O)N2CCC[C@H]3CCCC[C@H]32)cs1. The number of hydrogen-bond acceptors (Lipinski definition) is 4. The zero-order chi connectivity index (χ0) is 16.5. The predicted molar refractivity (Wildman–Crippen MR) is 94.1 cm³/mol. The van der Waals surface area contributed by atoms with Crippen molar-refractivity contribution < 1.29 is 9.59 Å². The topological polar surface area (TPSA) is 53.5 Å². The van der Waals surface area contributed by atoms with Crippen LogP contribution in [-0.2, 0) is 16.0 Å². The smallest absolute Gasteiger partial charge is 0.228 e. The molecule has 4 rings (SSSR count). The van der Waals surface area contributed by atoms with Crippen molar-refractivity contribution in [2.24, 2.45) is 5.92 Å². The number of fused-ring (bicyclic) bond motifs is 1. The summed E-state index contributed by atoms with van der Waals surface area (Å²) in [6, 6.07) is 0.457. The maximum absolute atomic E-state index is 12.8. The van der Waals surface area contributed by atoms with Crippen molar-refractivity contribution in [3.05, 3.63) is 11.1 Å². The molecule has 2 saturated heterocycles. The minimum atomic E-state index is 0.156. The molecule has 1 saturated carbocycles. The summed E-state index contributed by atoms with van der Waals surface area (Å²) in [5.41, 5.74) is 0.817. The predicted octanol–water partition coefficient (Wildman–Crippen LogP) is 2.99. The molecule has 1 aromatic heterocycles. The van der Waals surface area contributed by atoms with Crippen molar-refractivity contribution >= 4 is 28.3 Å². The standard InChI is InChI=1S/C18H25N3O2S/c22-16-8-4-10-21(16)18-19-14(12-24-18)11-17(23)20-9-3-6-13-5-1-2-7-15(13)20/h12-13,15H,1-11H2/t13-,15-/m1/s1. The molecule has 0 radical (unpaired) electrons. The van der Waals surface area contributed by atoms with Crippen LogP contribution in [0.15, 0.2) is 5.38 Å². The molecule has 6 heteroatoms. The molecule has 0 unspecified atom stereocenters. The van der Waals surface area contributed by atoms with E-state index in [-0.39, 0.29) is 11.8 Å². The lowest BCUT2D eigenvalue weighted by molar-refractivity contribution is -0.136. The maximum atomic E-state index is 12.8. The number of thiazole rings is 1. The molecule has 0 N–H and O–H groups in total. The zero-order valence-electron chi connectivity index (χ0n) is 14.1. The third kappa shape index (κ3) is 3.08. The van der Waals surface area contributed by atoms with E-state index in [4.69, 9.17) is 0 Å². The average molecular weight is 347 g/mol. The Kier molecular flexibility index (Phi) is 4.57. The van der Waals surface area contributed by atoms with Crippen LogP contribution in [0.4, 0.5) is 5.13 Å². The van der Waals surface area contributed by atoms with Crippen LogP contribution in [0.2, 0.25) is 0 Å². The van der Waals surface area contributed by atoms with Crippen LogP contribution in [0, 0.1) is 5.92 Å². The summed E-state index contributed by atoms with van der Waals surface area (Å²) in [7, 11) is 0. The monoisotopic (exact) mass is 347 g/mol. The van der Waals surface area contributed by atoms with Gasteiger partial charge in [-0.05, 0) is 38.0 Å². The van der Waals surface area contributed by atoms with Gasteiger partial charge in [0, 0.05) is 30.9 Å². The van der Waals surface area contributed by atoms with E-state index >= 15 is 0 Å². The molecule has 3 aliphatic rings. The quantitative estimate of drug-likeness (QED) is 0.845. The van der Waals surface area contributed by atoms with Gasteiger partial charge in [-0.15, -0.1) is 11.3 Å². The number of amides is 2. The molecule has 2 amide bonds. The fourth-order valence-electron chi connectivity index (χ4n) is 4.54. The van der Waals surface area contributed by atoms with Crippen molar-refractivity contribution in [2.45, 2.75) is 63.8 Å². The first-order chi connectivity index (χ1) is 11.7. The maximum Gasteiger partial charge on any atom is 0.228 e. The summed E-state index contributed by atoms with van der Waals surface area (Å²) in [6.07, 6.45) is 9.35. The van der Waals surface area contributed by atoms with Crippen LogP contribution in [-0.4, -0.2) is 40.8 Å². The number of aromatic nitrogens is 1. The first-order valence-corrected chi connectivity index (χ1v) is 10.1. The zero-order valence-corrected chi connectivity index (χ0v) is 14.9. The highest BCUT2D eigenvalue weighted by atomic mass is 32.1. The Morgan fingerprint density at radius 2 is 2.00 bits per heavy atom. The van der Waals surface area contributed by atoms with E-state index in [1.165, 1.54) is 43.4 Å². The van der Waals surface area contributed by atoms with Crippen LogP contribution in [0.3, 0.4) is 0 Å². The van der Waals surface area contributed by atoms with Crippen molar-refractivity contribution in [2.75, 3.05) is 18.0 Å². The molecule has 2 atom stereocenters. The number of likely N-dealkylation sites (tertiary alicyclic amines) is 1. The Morgan fingerprint density at radius 3 is 2.83 bits per heavy atom. The van der Waals surface area contributed by atoms with E-state index in [2.05, 4.69) is 9.88 Å². The number of carbonyl (C=O) groups excluding carboxylic acids is 2. The molecule has 1 aromatic rings. The normalized spacial score (nSPS) is 27.4. The molecular formula is C18H25N3O2S. The number of nitrogens with zero attached hydrogens (tertiary/aromatic N) is 3. The molecule has 5 nitrogen and oxygen atoms in total. The Hall–Kier alpha value is -1.43. The minimum absolute atomic E-state index is 0.156. The number of rotatable bonds is 3. The lowest BCUT2D eigenvalue weighted by Crippen LogP contribution is -2.50. The van der Waals surface area contributed by atoms with Gasteiger partial charge in [-0.2, -0.15) is 0 Å². The average Bonchev–Trinajstić information content (AvgIpc) is 3.23. The van der Waals surface area contributed by atoms with Crippen LogP contribution in [0.25, 0.3) is 0 Å². The van der Waals surface area contributed by atoms with Crippen LogP contribution >= 0.6 is 11.3 Å². The van der Waals surface area contributed by atoms with Crippen LogP contribution in [0.1, 0.15) is 57.1 Å². The first-order valence-electron chi connectivity index (χ1n) is 9.26. The number of anilines is 1. The molecule has 3 heterocycles. The molecule has 2 aliphatic heterocycles. The fraction of sp³-hybridized carbons (Fsp3) is 0.722. The Morgan fingerprint density at radius 1 is 1.17 bits per heavy atom. The van der Waals surface area contributed by atoms with Gasteiger partial charge in [0.15, 0.2) is 5.13 Å². The second-order valence-corrected chi connectivity index (χ2v) is 8.12. The highest BCUT2D eigenvalue weighted by Gasteiger charge is 2.35. The Labute approximate surface area is 147 Å². The van der Waals surface area contributed by atoms with E-state index in [0.717, 1.165) is 36.8 Å². The van der Waals surface area contributed by atoms with Crippen molar-refractivity contribution in [1.82, 2.24) is 9.88 Å². The van der Waals surface area contributed by atoms with Gasteiger partial charge in [0.05, 0.1) is 12.1 Å².